The highest BCUT2D eigenvalue weighted by Gasteiger charge is 2.51. The number of rotatable bonds is 2. The SMILES string of the molecule is CC1(C)OB(c2ccc(C(=O)O)cc2)OC1(C)C.Nc1cccc(N)n1. The molecule has 0 radical (unpaired) electrons. The highest BCUT2D eigenvalue weighted by molar-refractivity contribution is 6.62. The van der Waals surface area contributed by atoms with Gasteiger partial charge in [0, 0.05) is 0 Å². The van der Waals surface area contributed by atoms with Crippen LogP contribution >= 0.6 is 0 Å². The van der Waals surface area contributed by atoms with Gasteiger partial charge in [-0.1, -0.05) is 18.2 Å². The van der Waals surface area contributed by atoms with Gasteiger partial charge in [0.1, 0.15) is 11.6 Å². The predicted molar refractivity (Wildman–Crippen MR) is 102 cm³/mol. The summed E-state index contributed by atoms with van der Waals surface area (Å²) in [7, 11) is -0.446. The van der Waals surface area contributed by atoms with Crippen molar-refractivity contribution in [1.82, 2.24) is 4.98 Å². The molecule has 3 rings (SSSR count). The van der Waals surface area contributed by atoms with Crippen molar-refractivity contribution in [3.05, 3.63) is 48.0 Å². The van der Waals surface area contributed by atoms with Crippen LogP contribution < -0.4 is 16.9 Å². The summed E-state index contributed by atoms with van der Waals surface area (Å²) in [6.45, 7) is 7.94. The zero-order valence-electron chi connectivity index (χ0n) is 15.4. The van der Waals surface area contributed by atoms with Crippen LogP contribution in [0.25, 0.3) is 0 Å². The van der Waals surface area contributed by atoms with Crippen molar-refractivity contribution in [2.45, 2.75) is 38.9 Å². The van der Waals surface area contributed by atoms with Crippen LogP contribution in [0.4, 0.5) is 11.6 Å². The fraction of sp³-hybridized carbons (Fsp3) is 0.333. The molecule has 7 nitrogen and oxygen atoms in total. The molecular weight excluding hydrogens is 333 g/mol. The number of nitrogens with two attached hydrogens (primary N) is 2. The number of hydrogen-bond acceptors (Lipinski definition) is 6. The topological polar surface area (TPSA) is 121 Å². The zero-order valence-corrected chi connectivity index (χ0v) is 15.4. The van der Waals surface area contributed by atoms with Gasteiger partial charge >= 0.3 is 13.1 Å². The van der Waals surface area contributed by atoms with Gasteiger partial charge < -0.3 is 25.9 Å². The summed E-state index contributed by atoms with van der Waals surface area (Å²) in [5.41, 5.74) is 10.9. The zero-order chi connectivity index (χ0) is 19.5. The third kappa shape index (κ3) is 4.53. The van der Waals surface area contributed by atoms with Crippen molar-refractivity contribution in [2.24, 2.45) is 0 Å². The highest BCUT2D eigenvalue weighted by atomic mass is 16.7. The first-order valence-corrected chi connectivity index (χ1v) is 8.19. The number of carboxylic acids is 1. The second-order valence-corrected chi connectivity index (χ2v) is 7.00. The number of benzene rings is 1. The maximum atomic E-state index is 10.8. The first kappa shape index (κ1) is 19.7. The smallest absolute Gasteiger partial charge is 0.478 e. The first-order chi connectivity index (χ1) is 12.0. The maximum Gasteiger partial charge on any atom is 0.494 e. The lowest BCUT2D eigenvalue weighted by Crippen LogP contribution is -2.41. The van der Waals surface area contributed by atoms with E-state index in [1.807, 2.05) is 27.7 Å². The van der Waals surface area contributed by atoms with Crippen molar-refractivity contribution in [3.63, 3.8) is 0 Å². The number of nitrogen functional groups attached to an aromatic ring is 2. The Kier molecular flexibility index (Phi) is 5.58. The summed E-state index contributed by atoms with van der Waals surface area (Å²) >= 11 is 0. The lowest BCUT2D eigenvalue weighted by Gasteiger charge is -2.32. The summed E-state index contributed by atoms with van der Waals surface area (Å²) in [4.78, 5) is 14.5. The molecule has 0 unspecified atom stereocenters. The molecule has 0 amide bonds. The van der Waals surface area contributed by atoms with Gasteiger partial charge in [0.25, 0.3) is 0 Å². The number of nitrogens with zero attached hydrogens (tertiary/aromatic N) is 1. The summed E-state index contributed by atoms with van der Waals surface area (Å²) in [5, 5.41) is 8.84. The molecule has 1 aromatic carbocycles. The molecule has 0 bridgehead atoms. The first-order valence-electron chi connectivity index (χ1n) is 8.19. The van der Waals surface area contributed by atoms with Crippen molar-refractivity contribution < 1.29 is 19.2 Å². The number of hydrogen-bond donors (Lipinski definition) is 3. The Morgan fingerprint density at radius 2 is 1.42 bits per heavy atom. The molecule has 138 valence electrons. The molecule has 26 heavy (non-hydrogen) atoms. The van der Waals surface area contributed by atoms with Crippen molar-refractivity contribution in [2.75, 3.05) is 11.5 Å². The van der Waals surface area contributed by atoms with Crippen LogP contribution in [0.3, 0.4) is 0 Å². The van der Waals surface area contributed by atoms with Gasteiger partial charge in [-0.25, -0.2) is 9.78 Å². The standard InChI is InChI=1S/C13H17BO4.C5H7N3/c1-12(2)13(3,4)18-14(17-12)10-7-5-9(6-8-10)11(15)16;6-4-2-1-3-5(7)8-4/h5-8H,1-4H3,(H,15,16);1-3H,(H4,6,7,8). The Morgan fingerprint density at radius 3 is 1.77 bits per heavy atom. The van der Waals surface area contributed by atoms with Gasteiger partial charge in [0.15, 0.2) is 0 Å². The second kappa shape index (κ2) is 7.35. The van der Waals surface area contributed by atoms with E-state index in [4.69, 9.17) is 25.9 Å². The number of aromatic carboxylic acids is 1. The number of carboxylic acid groups (broad SMARTS) is 1. The third-order valence-corrected chi connectivity index (χ3v) is 4.48. The number of pyridine rings is 1. The van der Waals surface area contributed by atoms with E-state index >= 15 is 0 Å². The monoisotopic (exact) mass is 357 g/mol. The third-order valence-electron chi connectivity index (χ3n) is 4.48. The average molecular weight is 357 g/mol. The Bertz CT molecular complexity index is 745. The second-order valence-electron chi connectivity index (χ2n) is 7.00. The quantitative estimate of drug-likeness (QED) is 0.702. The molecular formula is C18H24BN3O4. The molecule has 1 saturated heterocycles. The fourth-order valence-electron chi connectivity index (χ4n) is 2.23. The van der Waals surface area contributed by atoms with E-state index in [9.17, 15) is 4.79 Å². The number of anilines is 2. The van der Waals surface area contributed by atoms with Crippen LogP contribution in [0.5, 0.6) is 0 Å². The molecule has 0 spiro atoms. The van der Waals surface area contributed by atoms with Gasteiger partial charge in [-0.2, -0.15) is 0 Å². The van der Waals surface area contributed by atoms with Crippen LogP contribution in [0.1, 0.15) is 38.1 Å². The number of carbonyl (C=O) groups is 1. The van der Waals surface area contributed by atoms with Crippen molar-refractivity contribution in [1.29, 1.82) is 0 Å². The fourth-order valence-corrected chi connectivity index (χ4v) is 2.23. The average Bonchev–Trinajstić information content (AvgIpc) is 2.76. The van der Waals surface area contributed by atoms with E-state index in [0.717, 1.165) is 5.46 Å². The minimum atomic E-state index is -0.935. The van der Waals surface area contributed by atoms with E-state index in [1.54, 1.807) is 42.5 Å². The van der Waals surface area contributed by atoms with Gasteiger partial charge in [-0.05, 0) is 57.4 Å². The number of aromatic nitrogens is 1. The molecule has 2 aromatic rings. The van der Waals surface area contributed by atoms with Crippen molar-refractivity contribution >= 4 is 30.2 Å². The lowest BCUT2D eigenvalue weighted by molar-refractivity contribution is 0.00578. The Balaban J connectivity index is 0.000000254. The van der Waals surface area contributed by atoms with Crippen LogP contribution in [0.15, 0.2) is 42.5 Å². The van der Waals surface area contributed by atoms with Gasteiger partial charge in [-0.15, -0.1) is 0 Å². The molecule has 0 saturated carbocycles. The van der Waals surface area contributed by atoms with E-state index in [1.165, 1.54) is 0 Å². The minimum Gasteiger partial charge on any atom is -0.478 e. The summed E-state index contributed by atoms with van der Waals surface area (Å²) in [6, 6.07) is 11.7. The molecule has 1 aliphatic rings. The Hall–Kier alpha value is -2.58. The highest BCUT2D eigenvalue weighted by Crippen LogP contribution is 2.36. The van der Waals surface area contributed by atoms with Gasteiger partial charge in [-0.3, -0.25) is 0 Å². The molecule has 0 aliphatic carbocycles. The summed E-state index contributed by atoms with van der Waals surface area (Å²) in [6.07, 6.45) is 0. The van der Waals surface area contributed by atoms with E-state index < -0.39 is 13.1 Å². The minimum absolute atomic E-state index is 0.260. The van der Waals surface area contributed by atoms with Crippen LogP contribution in [-0.2, 0) is 9.31 Å². The van der Waals surface area contributed by atoms with E-state index in [0.29, 0.717) is 11.6 Å². The maximum absolute atomic E-state index is 10.8. The van der Waals surface area contributed by atoms with Crippen LogP contribution in [0, 0.1) is 0 Å². The molecule has 0 atom stereocenters. The normalized spacial score (nSPS) is 17.3. The van der Waals surface area contributed by atoms with E-state index in [2.05, 4.69) is 4.98 Å². The largest absolute Gasteiger partial charge is 0.494 e. The lowest BCUT2D eigenvalue weighted by atomic mass is 9.79. The predicted octanol–water partition coefficient (Wildman–Crippen LogP) is 1.93. The molecule has 1 aliphatic heterocycles. The van der Waals surface area contributed by atoms with Crippen LogP contribution in [-0.4, -0.2) is 34.4 Å². The van der Waals surface area contributed by atoms with Crippen molar-refractivity contribution in [3.8, 4) is 0 Å². The Labute approximate surface area is 153 Å². The Morgan fingerprint density at radius 1 is 0.962 bits per heavy atom. The molecule has 1 fully saturated rings. The summed E-state index contributed by atoms with van der Waals surface area (Å²) in [5.74, 6) is -0.00883. The van der Waals surface area contributed by atoms with Gasteiger partial charge in [0.05, 0.1) is 16.8 Å². The van der Waals surface area contributed by atoms with E-state index in [-0.39, 0.29) is 16.8 Å². The molecule has 2 heterocycles. The molecule has 8 heteroatoms. The molecule has 1 aromatic heterocycles. The molecule has 5 N–H and O–H groups in total. The van der Waals surface area contributed by atoms with Crippen LogP contribution in [0.2, 0.25) is 0 Å². The van der Waals surface area contributed by atoms with Gasteiger partial charge in [0.2, 0.25) is 0 Å². The summed E-state index contributed by atoms with van der Waals surface area (Å²) < 4.78 is 11.8.